The Balaban J connectivity index is 1.74. The molecule has 3 N–H and O–H groups in total. The average Bonchev–Trinajstić information content (AvgIpc) is 3.15. The Hall–Kier alpha value is -0.620. The van der Waals surface area contributed by atoms with Crippen LogP contribution in [0, 0.1) is 11.8 Å². The van der Waals surface area contributed by atoms with Crippen molar-refractivity contribution in [2.45, 2.75) is 96.5 Å². The molecule has 2 fully saturated rings. The van der Waals surface area contributed by atoms with Crippen molar-refractivity contribution in [2.24, 2.45) is 17.6 Å². The molecular formula is C19H35NO4. The molecule has 5 nitrogen and oxygen atoms in total. The summed E-state index contributed by atoms with van der Waals surface area (Å²) in [5.74, 6) is 1.26. The Bertz CT molecular complexity index is 441. The zero-order valence-electron chi connectivity index (χ0n) is 15.8. The third-order valence-electron chi connectivity index (χ3n) is 5.25. The lowest BCUT2D eigenvalue weighted by molar-refractivity contribution is -0.255. The fraction of sp³-hybridized carbons (Fsp3) is 0.895. The zero-order chi connectivity index (χ0) is 18.1. The Kier molecular flexibility index (Phi) is 6.35. The van der Waals surface area contributed by atoms with Gasteiger partial charge in [-0.2, -0.15) is 0 Å². The molecule has 1 aliphatic heterocycles. The van der Waals surface area contributed by atoms with Gasteiger partial charge in [-0.25, -0.2) is 0 Å². The fourth-order valence-electron chi connectivity index (χ4n) is 3.47. The molecule has 0 aromatic carbocycles. The molecule has 140 valence electrons. The van der Waals surface area contributed by atoms with Gasteiger partial charge in [-0.15, -0.1) is 0 Å². The molecule has 24 heavy (non-hydrogen) atoms. The second kappa shape index (κ2) is 7.73. The predicted molar refractivity (Wildman–Crippen MR) is 94.3 cm³/mol. The van der Waals surface area contributed by atoms with E-state index in [1.165, 1.54) is 0 Å². The lowest BCUT2D eigenvalue weighted by Crippen LogP contribution is -2.44. The quantitative estimate of drug-likeness (QED) is 0.664. The molecule has 1 heterocycles. The Morgan fingerprint density at radius 2 is 2.04 bits per heavy atom. The molecule has 0 spiro atoms. The molecule has 1 aliphatic carbocycles. The molecule has 0 bridgehead atoms. The van der Waals surface area contributed by atoms with Gasteiger partial charge in [-0.1, -0.05) is 13.5 Å². The normalized spacial score (nSPS) is 40.4. The maximum absolute atomic E-state index is 9.84. The fourth-order valence-corrected chi connectivity index (χ4v) is 3.47. The van der Waals surface area contributed by atoms with Crippen LogP contribution < -0.4 is 5.73 Å². The van der Waals surface area contributed by atoms with E-state index in [1.807, 2.05) is 20.8 Å². The van der Waals surface area contributed by atoms with Gasteiger partial charge in [-0.05, 0) is 53.4 Å². The van der Waals surface area contributed by atoms with Crippen LogP contribution in [0.2, 0.25) is 0 Å². The van der Waals surface area contributed by atoms with Crippen LogP contribution in [-0.2, 0) is 14.2 Å². The summed E-state index contributed by atoms with van der Waals surface area (Å²) >= 11 is 0. The van der Waals surface area contributed by atoms with Gasteiger partial charge < -0.3 is 25.1 Å². The van der Waals surface area contributed by atoms with Gasteiger partial charge in [-0.3, -0.25) is 0 Å². The van der Waals surface area contributed by atoms with Gasteiger partial charge in [0.1, 0.15) is 0 Å². The Morgan fingerprint density at radius 1 is 1.38 bits per heavy atom. The van der Waals surface area contributed by atoms with E-state index < -0.39 is 6.10 Å². The van der Waals surface area contributed by atoms with Crippen molar-refractivity contribution in [1.82, 2.24) is 0 Å². The summed E-state index contributed by atoms with van der Waals surface area (Å²) in [5, 5.41) is 9.84. The first-order valence-electron chi connectivity index (χ1n) is 9.25. The molecule has 7 atom stereocenters. The van der Waals surface area contributed by atoms with Crippen molar-refractivity contribution in [3.05, 3.63) is 12.3 Å². The first-order valence-corrected chi connectivity index (χ1v) is 9.25. The van der Waals surface area contributed by atoms with Gasteiger partial charge in [0, 0.05) is 17.4 Å². The topological polar surface area (TPSA) is 73.9 Å². The molecule has 2 rings (SSSR count). The first-order chi connectivity index (χ1) is 11.1. The summed E-state index contributed by atoms with van der Waals surface area (Å²) in [6, 6.07) is 0. The molecule has 2 aliphatic rings. The second-order valence-corrected chi connectivity index (χ2v) is 8.10. The molecule has 1 saturated heterocycles. The number of aliphatic hydroxyl groups excluding tert-OH is 1. The van der Waals surface area contributed by atoms with Crippen LogP contribution in [-0.4, -0.2) is 41.4 Å². The van der Waals surface area contributed by atoms with Crippen LogP contribution in [0.25, 0.3) is 0 Å². The SMILES string of the molecule is C=C(OC(C)C)[C@H]1C[C@]1(N)CC[C@@H](C)OC1O[C@@H](C)C(O)C[C@H]1C. The van der Waals surface area contributed by atoms with Gasteiger partial charge in [0.05, 0.1) is 30.2 Å². The van der Waals surface area contributed by atoms with E-state index in [2.05, 4.69) is 20.4 Å². The standard InChI is InChI=1S/C19H35NO4/c1-11(2)22-14(5)16-10-19(16,20)8-7-13(4)23-18-12(3)9-17(21)15(6)24-18/h11-13,15-18,21H,5,7-10,20H2,1-4,6H3/t12-,13-,15+,16-,17?,18?,19-/m1/s1. The minimum atomic E-state index is -0.401. The Labute approximate surface area is 146 Å². The summed E-state index contributed by atoms with van der Waals surface area (Å²) in [6.07, 6.45) is 2.81. The van der Waals surface area contributed by atoms with Gasteiger partial charge in [0.2, 0.25) is 0 Å². The zero-order valence-corrected chi connectivity index (χ0v) is 15.8. The van der Waals surface area contributed by atoms with E-state index in [1.54, 1.807) is 0 Å². The summed E-state index contributed by atoms with van der Waals surface area (Å²) in [6.45, 7) is 14.0. The number of aliphatic hydroxyl groups is 1. The summed E-state index contributed by atoms with van der Waals surface area (Å²) in [4.78, 5) is 0. The molecule has 0 amide bonds. The van der Waals surface area contributed by atoms with Crippen molar-refractivity contribution >= 4 is 0 Å². The molecule has 0 aromatic rings. The summed E-state index contributed by atoms with van der Waals surface area (Å²) < 4.78 is 17.5. The van der Waals surface area contributed by atoms with Crippen molar-refractivity contribution in [2.75, 3.05) is 0 Å². The van der Waals surface area contributed by atoms with E-state index in [9.17, 15) is 5.11 Å². The number of rotatable bonds is 8. The number of hydrogen-bond acceptors (Lipinski definition) is 5. The number of ether oxygens (including phenoxy) is 3. The second-order valence-electron chi connectivity index (χ2n) is 8.10. The molecule has 2 unspecified atom stereocenters. The average molecular weight is 341 g/mol. The van der Waals surface area contributed by atoms with E-state index in [0.717, 1.165) is 25.0 Å². The largest absolute Gasteiger partial charge is 0.496 e. The van der Waals surface area contributed by atoms with Crippen LogP contribution in [0.15, 0.2) is 12.3 Å². The highest BCUT2D eigenvalue weighted by molar-refractivity contribution is 5.19. The number of nitrogens with two attached hydrogens (primary N) is 1. The van der Waals surface area contributed by atoms with Crippen LogP contribution >= 0.6 is 0 Å². The van der Waals surface area contributed by atoms with E-state index in [0.29, 0.717) is 6.42 Å². The third-order valence-corrected chi connectivity index (χ3v) is 5.25. The maximum atomic E-state index is 9.84. The van der Waals surface area contributed by atoms with Crippen LogP contribution in [0.4, 0.5) is 0 Å². The van der Waals surface area contributed by atoms with E-state index in [4.69, 9.17) is 19.9 Å². The highest BCUT2D eigenvalue weighted by atomic mass is 16.7. The lowest BCUT2D eigenvalue weighted by atomic mass is 9.96. The maximum Gasteiger partial charge on any atom is 0.161 e. The minimum Gasteiger partial charge on any atom is -0.496 e. The van der Waals surface area contributed by atoms with Crippen LogP contribution in [0.3, 0.4) is 0 Å². The molecule has 0 radical (unpaired) electrons. The number of hydrogen-bond donors (Lipinski definition) is 2. The molecule has 0 aromatic heterocycles. The van der Waals surface area contributed by atoms with Crippen molar-refractivity contribution in [3.63, 3.8) is 0 Å². The highest BCUT2D eigenvalue weighted by Crippen LogP contribution is 2.49. The molecular weight excluding hydrogens is 306 g/mol. The van der Waals surface area contributed by atoms with E-state index in [-0.39, 0.29) is 42.0 Å². The Morgan fingerprint density at radius 3 is 2.67 bits per heavy atom. The van der Waals surface area contributed by atoms with Crippen LogP contribution in [0.1, 0.15) is 60.3 Å². The summed E-state index contributed by atoms with van der Waals surface area (Å²) in [5.41, 5.74) is 6.25. The third kappa shape index (κ3) is 4.94. The predicted octanol–water partition coefficient (Wildman–Crippen LogP) is 2.96. The first kappa shape index (κ1) is 19.7. The van der Waals surface area contributed by atoms with Gasteiger partial charge in [0.25, 0.3) is 0 Å². The lowest BCUT2D eigenvalue weighted by Gasteiger charge is -2.37. The summed E-state index contributed by atoms with van der Waals surface area (Å²) in [7, 11) is 0. The van der Waals surface area contributed by atoms with Crippen molar-refractivity contribution in [3.8, 4) is 0 Å². The van der Waals surface area contributed by atoms with Crippen molar-refractivity contribution < 1.29 is 19.3 Å². The minimum absolute atomic E-state index is 0.0702. The smallest absolute Gasteiger partial charge is 0.161 e. The molecule has 5 heteroatoms. The monoisotopic (exact) mass is 341 g/mol. The van der Waals surface area contributed by atoms with Gasteiger partial charge in [0.15, 0.2) is 6.29 Å². The van der Waals surface area contributed by atoms with Crippen LogP contribution in [0.5, 0.6) is 0 Å². The van der Waals surface area contributed by atoms with E-state index >= 15 is 0 Å². The molecule has 1 saturated carbocycles. The van der Waals surface area contributed by atoms with Crippen molar-refractivity contribution in [1.29, 1.82) is 0 Å². The highest BCUT2D eigenvalue weighted by Gasteiger charge is 2.53. The van der Waals surface area contributed by atoms with Gasteiger partial charge >= 0.3 is 0 Å².